The molecule has 0 radical (unpaired) electrons. The SMILES string of the molecule is CCC(C)C(c1ccccc1)C(NC)C1CCCC(C)C1. The van der Waals surface area contributed by atoms with Crippen LogP contribution in [0, 0.1) is 17.8 Å². The second-order valence-electron chi connectivity index (χ2n) is 7.17. The molecule has 1 aromatic carbocycles. The van der Waals surface area contributed by atoms with Crippen molar-refractivity contribution in [1.82, 2.24) is 5.32 Å². The smallest absolute Gasteiger partial charge is 0.0164 e. The maximum absolute atomic E-state index is 3.71. The molecule has 1 heteroatoms. The number of hydrogen-bond acceptors (Lipinski definition) is 1. The topological polar surface area (TPSA) is 12.0 Å². The van der Waals surface area contributed by atoms with Crippen LogP contribution in [0.2, 0.25) is 0 Å². The highest BCUT2D eigenvalue weighted by Crippen LogP contribution is 2.39. The minimum absolute atomic E-state index is 0.616. The van der Waals surface area contributed by atoms with Crippen LogP contribution >= 0.6 is 0 Å². The Balaban J connectivity index is 2.24. The molecule has 0 amide bonds. The largest absolute Gasteiger partial charge is 0.316 e. The Hall–Kier alpha value is -0.820. The molecule has 1 saturated carbocycles. The first kappa shape index (κ1) is 16.5. The lowest BCUT2D eigenvalue weighted by atomic mass is 9.69. The van der Waals surface area contributed by atoms with Gasteiger partial charge in [-0.3, -0.25) is 0 Å². The molecule has 21 heavy (non-hydrogen) atoms. The number of likely N-dealkylation sites (N-methyl/N-ethyl adjacent to an activating group) is 1. The predicted octanol–water partition coefficient (Wildman–Crippen LogP) is 5.23. The first-order valence-electron chi connectivity index (χ1n) is 8.89. The van der Waals surface area contributed by atoms with Crippen molar-refractivity contribution in [2.45, 2.75) is 64.8 Å². The first-order valence-corrected chi connectivity index (χ1v) is 8.89. The van der Waals surface area contributed by atoms with Gasteiger partial charge in [0, 0.05) is 12.0 Å². The Morgan fingerprint density at radius 3 is 2.48 bits per heavy atom. The normalized spacial score (nSPS) is 27.0. The summed E-state index contributed by atoms with van der Waals surface area (Å²) >= 11 is 0. The van der Waals surface area contributed by atoms with E-state index in [0.717, 1.165) is 17.8 Å². The highest BCUT2D eigenvalue weighted by Gasteiger charge is 2.34. The van der Waals surface area contributed by atoms with Crippen molar-refractivity contribution < 1.29 is 0 Å². The van der Waals surface area contributed by atoms with Crippen molar-refractivity contribution in [3.05, 3.63) is 35.9 Å². The monoisotopic (exact) mass is 287 g/mol. The van der Waals surface area contributed by atoms with E-state index in [1.165, 1.54) is 37.7 Å². The summed E-state index contributed by atoms with van der Waals surface area (Å²) < 4.78 is 0. The molecule has 0 heterocycles. The summed E-state index contributed by atoms with van der Waals surface area (Å²) in [6.07, 6.45) is 6.87. The van der Waals surface area contributed by atoms with Gasteiger partial charge < -0.3 is 5.32 Å². The van der Waals surface area contributed by atoms with Gasteiger partial charge in [0.25, 0.3) is 0 Å². The Morgan fingerprint density at radius 2 is 1.90 bits per heavy atom. The number of rotatable bonds is 6. The predicted molar refractivity (Wildman–Crippen MR) is 92.6 cm³/mol. The van der Waals surface area contributed by atoms with Gasteiger partial charge in [-0.05, 0) is 43.2 Å². The van der Waals surface area contributed by atoms with Crippen LogP contribution in [-0.4, -0.2) is 13.1 Å². The quantitative estimate of drug-likeness (QED) is 0.755. The molecule has 1 fully saturated rings. The molecule has 1 nitrogen and oxygen atoms in total. The standard InChI is InChI=1S/C20H33N/c1-5-16(3)19(17-11-7-6-8-12-17)20(21-4)18-13-9-10-15(2)14-18/h6-8,11-12,15-16,18-21H,5,9-10,13-14H2,1-4H3. The summed E-state index contributed by atoms with van der Waals surface area (Å²) in [5.74, 6) is 3.09. The molecule has 0 saturated heterocycles. The molecule has 1 N–H and O–H groups in total. The van der Waals surface area contributed by atoms with Gasteiger partial charge in [0.2, 0.25) is 0 Å². The van der Waals surface area contributed by atoms with E-state index in [4.69, 9.17) is 0 Å². The van der Waals surface area contributed by atoms with Gasteiger partial charge in [0.15, 0.2) is 0 Å². The fourth-order valence-electron chi connectivity index (χ4n) is 4.33. The van der Waals surface area contributed by atoms with Gasteiger partial charge in [-0.25, -0.2) is 0 Å². The van der Waals surface area contributed by atoms with Gasteiger partial charge in [0.1, 0.15) is 0 Å². The maximum Gasteiger partial charge on any atom is 0.0164 e. The summed E-state index contributed by atoms with van der Waals surface area (Å²) in [5, 5.41) is 3.71. The van der Waals surface area contributed by atoms with Crippen molar-refractivity contribution in [1.29, 1.82) is 0 Å². The van der Waals surface area contributed by atoms with Crippen molar-refractivity contribution in [3.8, 4) is 0 Å². The summed E-state index contributed by atoms with van der Waals surface area (Å²) in [6, 6.07) is 11.8. The van der Waals surface area contributed by atoms with E-state index in [-0.39, 0.29) is 0 Å². The average Bonchev–Trinajstić information content (AvgIpc) is 2.52. The minimum Gasteiger partial charge on any atom is -0.316 e. The number of benzene rings is 1. The molecule has 1 aliphatic carbocycles. The van der Waals surface area contributed by atoms with Crippen molar-refractivity contribution in [3.63, 3.8) is 0 Å². The van der Waals surface area contributed by atoms with E-state index < -0.39 is 0 Å². The van der Waals surface area contributed by atoms with Gasteiger partial charge in [-0.15, -0.1) is 0 Å². The molecule has 0 aromatic heterocycles. The van der Waals surface area contributed by atoms with Crippen molar-refractivity contribution >= 4 is 0 Å². The summed E-state index contributed by atoms with van der Waals surface area (Å²) in [6.45, 7) is 7.19. The third-order valence-corrected chi connectivity index (χ3v) is 5.65. The molecule has 118 valence electrons. The van der Waals surface area contributed by atoms with Crippen LogP contribution in [0.4, 0.5) is 0 Å². The Bertz CT molecular complexity index is 400. The summed E-state index contributed by atoms with van der Waals surface area (Å²) in [7, 11) is 2.17. The second kappa shape index (κ2) is 7.98. The van der Waals surface area contributed by atoms with Crippen LogP contribution in [0.15, 0.2) is 30.3 Å². The van der Waals surface area contributed by atoms with Crippen LogP contribution in [0.1, 0.15) is 64.4 Å². The fraction of sp³-hybridized carbons (Fsp3) is 0.700. The van der Waals surface area contributed by atoms with Crippen molar-refractivity contribution in [2.24, 2.45) is 17.8 Å². The van der Waals surface area contributed by atoms with Gasteiger partial charge in [-0.1, -0.05) is 70.4 Å². The number of nitrogens with one attached hydrogen (secondary N) is 1. The zero-order chi connectivity index (χ0) is 15.2. The Morgan fingerprint density at radius 1 is 1.19 bits per heavy atom. The highest BCUT2D eigenvalue weighted by atomic mass is 14.9. The fourth-order valence-corrected chi connectivity index (χ4v) is 4.33. The first-order chi connectivity index (χ1) is 10.2. The third kappa shape index (κ3) is 4.10. The van der Waals surface area contributed by atoms with Crippen LogP contribution in [-0.2, 0) is 0 Å². The third-order valence-electron chi connectivity index (χ3n) is 5.65. The maximum atomic E-state index is 3.71. The zero-order valence-electron chi connectivity index (χ0n) is 14.3. The lowest BCUT2D eigenvalue weighted by molar-refractivity contribution is 0.186. The molecular weight excluding hydrogens is 254 g/mol. The lowest BCUT2D eigenvalue weighted by Crippen LogP contribution is -2.43. The van der Waals surface area contributed by atoms with Gasteiger partial charge in [0.05, 0.1) is 0 Å². The van der Waals surface area contributed by atoms with E-state index in [1.807, 2.05) is 0 Å². The van der Waals surface area contributed by atoms with Crippen LogP contribution in [0.5, 0.6) is 0 Å². The van der Waals surface area contributed by atoms with E-state index in [1.54, 1.807) is 0 Å². The van der Waals surface area contributed by atoms with Gasteiger partial charge >= 0.3 is 0 Å². The number of hydrogen-bond donors (Lipinski definition) is 1. The van der Waals surface area contributed by atoms with Crippen LogP contribution in [0.3, 0.4) is 0 Å². The second-order valence-corrected chi connectivity index (χ2v) is 7.17. The zero-order valence-corrected chi connectivity index (χ0v) is 14.3. The molecule has 1 aliphatic rings. The molecule has 0 aliphatic heterocycles. The van der Waals surface area contributed by atoms with E-state index in [9.17, 15) is 0 Å². The molecule has 0 spiro atoms. The summed E-state index contributed by atoms with van der Waals surface area (Å²) in [5.41, 5.74) is 1.52. The van der Waals surface area contributed by atoms with E-state index in [2.05, 4.69) is 63.5 Å². The minimum atomic E-state index is 0.616. The highest BCUT2D eigenvalue weighted by molar-refractivity contribution is 5.22. The summed E-state index contributed by atoms with van der Waals surface area (Å²) in [4.78, 5) is 0. The van der Waals surface area contributed by atoms with Crippen molar-refractivity contribution in [2.75, 3.05) is 7.05 Å². The average molecular weight is 287 g/mol. The molecule has 1 aromatic rings. The van der Waals surface area contributed by atoms with Crippen LogP contribution < -0.4 is 5.32 Å². The Kier molecular flexibility index (Phi) is 6.29. The molecular formula is C20H33N. The van der Waals surface area contributed by atoms with Gasteiger partial charge in [-0.2, -0.15) is 0 Å². The molecule has 5 unspecified atom stereocenters. The van der Waals surface area contributed by atoms with E-state index in [0.29, 0.717) is 12.0 Å². The molecule has 2 rings (SSSR count). The molecule has 5 atom stereocenters. The lowest BCUT2D eigenvalue weighted by Gasteiger charge is -2.40. The molecule has 0 bridgehead atoms. The Labute approximate surface area is 131 Å². The van der Waals surface area contributed by atoms with Crippen LogP contribution in [0.25, 0.3) is 0 Å². The van der Waals surface area contributed by atoms with E-state index >= 15 is 0 Å².